The van der Waals surface area contributed by atoms with Crippen LogP contribution in [0.4, 0.5) is 5.69 Å². The Kier molecular flexibility index (Phi) is 4.21. The number of para-hydroxylation sites is 1. The molecule has 0 aromatic heterocycles. The van der Waals surface area contributed by atoms with Gasteiger partial charge in [-0.15, -0.1) is 0 Å². The van der Waals surface area contributed by atoms with E-state index in [9.17, 15) is 4.79 Å². The number of nitrogens with two attached hydrogens (primary N) is 1. The standard InChI is InChI=1S/C18H20N2O3/c1-22-14-7-8-15(17(10-14)23-2)18(21)20-11-13(19)9-12-5-3-4-6-16(12)20/h3-8,10,13H,9,11,19H2,1-2H3. The Bertz CT molecular complexity index is 730. The largest absolute Gasteiger partial charge is 0.497 e. The first-order valence-electron chi connectivity index (χ1n) is 7.51. The van der Waals surface area contributed by atoms with Gasteiger partial charge in [0.15, 0.2) is 0 Å². The number of hydrogen-bond donors (Lipinski definition) is 1. The van der Waals surface area contributed by atoms with Crippen LogP contribution < -0.4 is 20.1 Å². The Hall–Kier alpha value is -2.53. The van der Waals surface area contributed by atoms with Gasteiger partial charge >= 0.3 is 0 Å². The Morgan fingerprint density at radius 1 is 1.17 bits per heavy atom. The number of anilines is 1. The lowest BCUT2D eigenvalue weighted by Gasteiger charge is -2.33. The second-order valence-corrected chi connectivity index (χ2v) is 5.57. The Labute approximate surface area is 135 Å². The normalized spacial score (nSPS) is 16.7. The molecule has 1 atom stereocenters. The number of fused-ring (bicyclic) bond motifs is 1. The van der Waals surface area contributed by atoms with E-state index in [1.165, 1.54) is 0 Å². The van der Waals surface area contributed by atoms with E-state index < -0.39 is 0 Å². The third kappa shape index (κ3) is 2.87. The molecule has 1 unspecified atom stereocenters. The first-order chi connectivity index (χ1) is 11.1. The van der Waals surface area contributed by atoms with Crippen molar-refractivity contribution in [3.05, 3.63) is 53.6 Å². The van der Waals surface area contributed by atoms with E-state index in [0.29, 0.717) is 23.6 Å². The van der Waals surface area contributed by atoms with Crippen LogP contribution in [0.5, 0.6) is 11.5 Å². The van der Waals surface area contributed by atoms with Crippen molar-refractivity contribution in [2.75, 3.05) is 25.7 Å². The number of benzene rings is 2. The predicted octanol–water partition coefficient (Wildman–Crippen LogP) is 2.23. The van der Waals surface area contributed by atoms with Gasteiger partial charge in [0, 0.05) is 24.3 Å². The van der Waals surface area contributed by atoms with E-state index in [4.69, 9.17) is 15.2 Å². The van der Waals surface area contributed by atoms with Crippen LogP contribution in [0, 0.1) is 0 Å². The highest BCUT2D eigenvalue weighted by atomic mass is 16.5. The SMILES string of the molecule is COc1ccc(C(=O)N2CC(N)Cc3ccccc32)c(OC)c1. The summed E-state index contributed by atoms with van der Waals surface area (Å²) in [6.07, 6.45) is 0.777. The van der Waals surface area contributed by atoms with Gasteiger partial charge in [0.05, 0.1) is 19.8 Å². The number of nitrogens with zero attached hydrogens (tertiary/aromatic N) is 1. The minimum atomic E-state index is -0.118. The van der Waals surface area contributed by atoms with E-state index in [1.54, 1.807) is 37.3 Å². The minimum absolute atomic E-state index is 0.0712. The summed E-state index contributed by atoms with van der Waals surface area (Å²) in [6.45, 7) is 0.491. The molecule has 23 heavy (non-hydrogen) atoms. The Morgan fingerprint density at radius 3 is 2.70 bits per heavy atom. The maximum atomic E-state index is 13.0. The fourth-order valence-electron chi connectivity index (χ4n) is 2.94. The van der Waals surface area contributed by atoms with Crippen LogP contribution in [0.1, 0.15) is 15.9 Å². The fourth-order valence-corrected chi connectivity index (χ4v) is 2.94. The fraction of sp³-hybridized carbons (Fsp3) is 0.278. The molecular formula is C18H20N2O3. The molecule has 5 heteroatoms. The minimum Gasteiger partial charge on any atom is -0.497 e. The lowest BCUT2D eigenvalue weighted by Crippen LogP contribution is -2.46. The highest BCUT2D eigenvalue weighted by Gasteiger charge is 2.28. The number of carbonyl (C=O) groups excluding carboxylic acids is 1. The molecule has 0 fully saturated rings. The number of rotatable bonds is 3. The first-order valence-corrected chi connectivity index (χ1v) is 7.51. The number of carbonyl (C=O) groups is 1. The van der Waals surface area contributed by atoms with Gasteiger partial charge in [0.2, 0.25) is 0 Å². The average molecular weight is 312 g/mol. The second-order valence-electron chi connectivity index (χ2n) is 5.57. The zero-order valence-electron chi connectivity index (χ0n) is 13.3. The molecule has 5 nitrogen and oxygen atoms in total. The first kappa shape index (κ1) is 15.4. The number of amides is 1. The molecule has 0 saturated carbocycles. The van der Waals surface area contributed by atoms with Crippen molar-refractivity contribution in [2.45, 2.75) is 12.5 Å². The molecule has 120 valence electrons. The molecule has 1 heterocycles. The van der Waals surface area contributed by atoms with Crippen molar-refractivity contribution in [3.8, 4) is 11.5 Å². The summed E-state index contributed by atoms with van der Waals surface area (Å²) in [7, 11) is 3.12. The Morgan fingerprint density at radius 2 is 1.96 bits per heavy atom. The van der Waals surface area contributed by atoms with Crippen LogP contribution in [-0.2, 0) is 6.42 Å². The predicted molar refractivity (Wildman–Crippen MR) is 89.3 cm³/mol. The van der Waals surface area contributed by atoms with Crippen molar-refractivity contribution in [1.82, 2.24) is 0 Å². The number of methoxy groups -OCH3 is 2. The van der Waals surface area contributed by atoms with E-state index >= 15 is 0 Å². The quantitative estimate of drug-likeness (QED) is 0.944. The van der Waals surface area contributed by atoms with Crippen LogP contribution in [0.15, 0.2) is 42.5 Å². The maximum Gasteiger partial charge on any atom is 0.262 e. The van der Waals surface area contributed by atoms with E-state index in [1.807, 2.05) is 24.3 Å². The second kappa shape index (κ2) is 6.30. The van der Waals surface area contributed by atoms with E-state index in [2.05, 4.69) is 0 Å². The van der Waals surface area contributed by atoms with E-state index in [0.717, 1.165) is 17.7 Å². The van der Waals surface area contributed by atoms with Crippen LogP contribution in [0.3, 0.4) is 0 Å². The molecule has 0 spiro atoms. The maximum absolute atomic E-state index is 13.0. The van der Waals surface area contributed by atoms with Gasteiger partial charge < -0.3 is 20.1 Å². The van der Waals surface area contributed by atoms with Gasteiger partial charge in [-0.2, -0.15) is 0 Å². The molecule has 0 bridgehead atoms. The monoisotopic (exact) mass is 312 g/mol. The summed E-state index contributed by atoms with van der Waals surface area (Å²) in [5.41, 5.74) is 8.63. The lowest BCUT2D eigenvalue weighted by molar-refractivity contribution is 0.0980. The van der Waals surface area contributed by atoms with Crippen LogP contribution in [0.2, 0.25) is 0 Å². The molecule has 2 aromatic carbocycles. The smallest absolute Gasteiger partial charge is 0.262 e. The summed E-state index contributed by atoms with van der Waals surface area (Å²) in [6, 6.07) is 13.0. The van der Waals surface area contributed by atoms with Gasteiger partial charge in [-0.3, -0.25) is 4.79 Å². The van der Waals surface area contributed by atoms with Gasteiger partial charge in [0.25, 0.3) is 5.91 Å². The average Bonchev–Trinajstić information content (AvgIpc) is 2.59. The van der Waals surface area contributed by atoms with Crippen LogP contribution >= 0.6 is 0 Å². The van der Waals surface area contributed by atoms with Crippen molar-refractivity contribution in [3.63, 3.8) is 0 Å². The molecule has 0 saturated heterocycles. The summed E-state index contributed by atoms with van der Waals surface area (Å²) < 4.78 is 10.5. The summed E-state index contributed by atoms with van der Waals surface area (Å²) in [5.74, 6) is 1.02. The van der Waals surface area contributed by atoms with Crippen molar-refractivity contribution >= 4 is 11.6 Å². The highest BCUT2D eigenvalue weighted by Crippen LogP contribution is 2.31. The summed E-state index contributed by atoms with van der Waals surface area (Å²) >= 11 is 0. The Balaban J connectivity index is 2.01. The number of hydrogen-bond acceptors (Lipinski definition) is 4. The summed E-state index contributed by atoms with van der Waals surface area (Å²) in [4.78, 5) is 14.8. The lowest BCUT2D eigenvalue weighted by atomic mass is 9.97. The van der Waals surface area contributed by atoms with Crippen molar-refractivity contribution in [1.29, 1.82) is 0 Å². The highest BCUT2D eigenvalue weighted by molar-refractivity contribution is 6.08. The van der Waals surface area contributed by atoms with Gasteiger partial charge in [-0.25, -0.2) is 0 Å². The van der Waals surface area contributed by atoms with Crippen molar-refractivity contribution in [2.24, 2.45) is 5.73 Å². The third-order valence-corrected chi connectivity index (χ3v) is 4.07. The zero-order chi connectivity index (χ0) is 16.4. The van der Waals surface area contributed by atoms with E-state index in [-0.39, 0.29) is 11.9 Å². The van der Waals surface area contributed by atoms with Gasteiger partial charge in [-0.1, -0.05) is 18.2 Å². The molecule has 2 aromatic rings. The molecule has 3 rings (SSSR count). The topological polar surface area (TPSA) is 64.8 Å². The molecular weight excluding hydrogens is 292 g/mol. The molecule has 1 amide bonds. The molecule has 1 aliphatic rings. The molecule has 2 N–H and O–H groups in total. The molecule has 0 radical (unpaired) electrons. The summed E-state index contributed by atoms with van der Waals surface area (Å²) in [5, 5.41) is 0. The van der Waals surface area contributed by atoms with Crippen LogP contribution in [0.25, 0.3) is 0 Å². The number of ether oxygens (including phenoxy) is 2. The van der Waals surface area contributed by atoms with Crippen LogP contribution in [-0.4, -0.2) is 32.7 Å². The van der Waals surface area contributed by atoms with Crippen molar-refractivity contribution < 1.29 is 14.3 Å². The molecule has 0 aliphatic carbocycles. The third-order valence-electron chi connectivity index (χ3n) is 4.07. The molecule has 1 aliphatic heterocycles. The van der Waals surface area contributed by atoms with Gasteiger partial charge in [-0.05, 0) is 30.2 Å². The zero-order valence-corrected chi connectivity index (χ0v) is 13.3. The van der Waals surface area contributed by atoms with Gasteiger partial charge in [0.1, 0.15) is 11.5 Å².